The van der Waals surface area contributed by atoms with Crippen LogP contribution in [0, 0.1) is 5.92 Å². The number of hydrogen-bond donors (Lipinski definition) is 1. The molecule has 2 N–H and O–H groups in total. The molecular formula is C17H24N4O2. The minimum atomic E-state index is -0.0556. The van der Waals surface area contributed by atoms with Gasteiger partial charge in [-0.1, -0.05) is 0 Å². The number of benzene rings is 1. The Labute approximate surface area is 136 Å². The standard InChI is InChI=1S/C17H24N4O2/c1-3-23-17(22)12-6-8-21(9-7-12)13-4-5-15-14(10-13)19-16(11-18)20(15)2/h4-5,10,12H,3,6-9,11,18H2,1-2H3. The molecule has 0 saturated carbocycles. The third-order valence-corrected chi connectivity index (χ3v) is 4.62. The van der Waals surface area contributed by atoms with Gasteiger partial charge in [-0.2, -0.15) is 0 Å². The summed E-state index contributed by atoms with van der Waals surface area (Å²) in [4.78, 5) is 18.7. The monoisotopic (exact) mass is 316 g/mol. The van der Waals surface area contributed by atoms with Crippen molar-refractivity contribution in [3.8, 4) is 0 Å². The van der Waals surface area contributed by atoms with Gasteiger partial charge in [0.05, 0.1) is 30.1 Å². The Hall–Kier alpha value is -2.08. The minimum absolute atomic E-state index is 0.0358. The Morgan fingerprint density at radius 1 is 1.39 bits per heavy atom. The van der Waals surface area contributed by atoms with Gasteiger partial charge in [0, 0.05) is 25.8 Å². The summed E-state index contributed by atoms with van der Waals surface area (Å²) in [5, 5.41) is 0. The van der Waals surface area contributed by atoms with E-state index in [4.69, 9.17) is 10.5 Å². The van der Waals surface area contributed by atoms with Crippen molar-refractivity contribution < 1.29 is 9.53 Å². The third-order valence-electron chi connectivity index (χ3n) is 4.62. The van der Waals surface area contributed by atoms with Crippen LogP contribution in [0.1, 0.15) is 25.6 Å². The number of carbonyl (C=O) groups is 1. The lowest BCUT2D eigenvalue weighted by atomic mass is 9.96. The number of nitrogens with zero attached hydrogens (tertiary/aromatic N) is 3. The number of aromatic nitrogens is 2. The number of aryl methyl sites for hydroxylation is 1. The van der Waals surface area contributed by atoms with Gasteiger partial charge in [-0.15, -0.1) is 0 Å². The van der Waals surface area contributed by atoms with Crippen molar-refractivity contribution in [2.24, 2.45) is 18.7 Å². The number of ether oxygens (including phenoxy) is 1. The molecule has 124 valence electrons. The molecule has 2 aromatic rings. The first kappa shape index (κ1) is 15.8. The highest BCUT2D eigenvalue weighted by Gasteiger charge is 2.26. The van der Waals surface area contributed by atoms with Gasteiger partial charge >= 0.3 is 5.97 Å². The second-order valence-corrected chi connectivity index (χ2v) is 5.98. The van der Waals surface area contributed by atoms with Crippen molar-refractivity contribution in [1.29, 1.82) is 0 Å². The Morgan fingerprint density at radius 2 is 2.13 bits per heavy atom. The molecule has 0 amide bonds. The largest absolute Gasteiger partial charge is 0.466 e. The lowest BCUT2D eigenvalue weighted by Gasteiger charge is -2.32. The first-order chi connectivity index (χ1) is 11.1. The Balaban J connectivity index is 1.73. The number of nitrogens with two attached hydrogens (primary N) is 1. The van der Waals surface area contributed by atoms with Gasteiger partial charge in [0.2, 0.25) is 0 Å². The van der Waals surface area contributed by atoms with Crippen molar-refractivity contribution in [2.45, 2.75) is 26.3 Å². The zero-order valence-electron chi connectivity index (χ0n) is 13.8. The average molecular weight is 316 g/mol. The fraction of sp³-hybridized carbons (Fsp3) is 0.529. The van der Waals surface area contributed by atoms with Crippen LogP contribution in [0.5, 0.6) is 0 Å². The van der Waals surface area contributed by atoms with Gasteiger partial charge in [0.25, 0.3) is 0 Å². The van der Waals surface area contributed by atoms with Crippen LogP contribution in [0.3, 0.4) is 0 Å². The van der Waals surface area contributed by atoms with Crippen LogP contribution < -0.4 is 10.6 Å². The van der Waals surface area contributed by atoms with Crippen LogP contribution in [-0.2, 0) is 23.1 Å². The summed E-state index contributed by atoms with van der Waals surface area (Å²) < 4.78 is 7.16. The average Bonchev–Trinajstić information content (AvgIpc) is 2.91. The van der Waals surface area contributed by atoms with Gasteiger partial charge < -0.3 is 19.9 Å². The second-order valence-electron chi connectivity index (χ2n) is 5.98. The highest BCUT2D eigenvalue weighted by molar-refractivity contribution is 5.80. The number of imidazole rings is 1. The van der Waals surface area contributed by atoms with E-state index in [-0.39, 0.29) is 11.9 Å². The van der Waals surface area contributed by atoms with E-state index >= 15 is 0 Å². The molecule has 2 heterocycles. The van der Waals surface area contributed by atoms with Crippen molar-refractivity contribution in [2.75, 3.05) is 24.6 Å². The molecule has 1 aromatic heterocycles. The molecule has 1 aliphatic heterocycles. The molecule has 0 unspecified atom stereocenters. The number of carbonyl (C=O) groups excluding carboxylic acids is 1. The zero-order chi connectivity index (χ0) is 16.4. The second kappa shape index (κ2) is 6.58. The summed E-state index contributed by atoms with van der Waals surface area (Å²) in [5.74, 6) is 0.867. The van der Waals surface area contributed by atoms with Crippen LogP contribution in [-0.4, -0.2) is 35.2 Å². The van der Waals surface area contributed by atoms with Crippen LogP contribution >= 0.6 is 0 Å². The number of piperidine rings is 1. The van der Waals surface area contributed by atoms with Crippen LogP contribution in [0.25, 0.3) is 11.0 Å². The van der Waals surface area contributed by atoms with Gasteiger partial charge in [-0.05, 0) is 38.0 Å². The quantitative estimate of drug-likeness (QED) is 0.871. The van der Waals surface area contributed by atoms with Crippen LogP contribution in [0.15, 0.2) is 18.2 Å². The fourth-order valence-electron chi connectivity index (χ4n) is 3.25. The fourth-order valence-corrected chi connectivity index (χ4v) is 3.25. The first-order valence-corrected chi connectivity index (χ1v) is 8.21. The highest BCUT2D eigenvalue weighted by Crippen LogP contribution is 2.27. The molecule has 6 nitrogen and oxygen atoms in total. The molecule has 3 rings (SSSR count). The van der Waals surface area contributed by atoms with E-state index in [9.17, 15) is 4.79 Å². The molecule has 1 saturated heterocycles. The van der Waals surface area contributed by atoms with E-state index in [1.807, 2.05) is 18.5 Å². The summed E-state index contributed by atoms with van der Waals surface area (Å²) in [6, 6.07) is 6.32. The summed E-state index contributed by atoms with van der Waals surface area (Å²) in [7, 11) is 1.99. The van der Waals surface area contributed by atoms with E-state index in [1.54, 1.807) is 0 Å². The van der Waals surface area contributed by atoms with Gasteiger partial charge in [-0.3, -0.25) is 4.79 Å². The molecule has 0 atom stereocenters. The maximum Gasteiger partial charge on any atom is 0.309 e. The zero-order valence-corrected chi connectivity index (χ0v) is 13.8. The molecule has 23 heavy (non-hydrogen) atoms. The Kier molecular flexibility index (Phi) is 4.52. The number of esters is 1. The summed E-state index contributed by atoms with van der Waals surface area (Å²) in [6.45, 7) is 4.48. The Bertz CT molecular complexity index is 702. The van der Waals surface area contributed by atoms with E-state index in [2.05, 4.69) is 28.1 Å². The highest BCUT2D eigenvalue weighted by atomic mass is 16.5. The van der Waals surface area contributed by atoms with Gasteiger partial charge in [0.15, 0.2) is 0 Å². The minimum Gasteiger partial charge on any atom is -0.466 e. The van der Waals surface area contributed by atoms with Crippen molar-refractivity contribution >= 4 is 22.7 Å². The third kappa shape index (κ3) is 3.03. The molecule has 1 aliphatic rings. The van der Waals surface area contributed by atoms with Crippen molar-refractivity contribution in [3.63, 3.8) is 0 Å². The van der Waals surface area contributed by atoms with E-state index < -0.39 is 0 Å². The molecule has 0 radical (unpaired) electrons. The number of hydrogen-bond acceptors (Lipinski definition) is 5. The predicted molar refractivity (Wildman–Crippen MR) is 90.2 cm³/mol. The van der Waals surface area contributed by atoms with Crippen molar-refractivity contribution in [3.05, 3.63) is 24.0 Å². The van der Waals surface area contributed by atoms with E-state index in [0.717, 1.165) is 48.5 Å². The molecule has 1 fully saturated rings. The van der Waals surface area contributed by atoms with E-state index in [1.165, 1.54) is 0 Å². The van der Waals surface area contributed by atoms with Crippen LogP contribution in [0.2, 0.25) is 0 Å². The summed E-state index contributed by atoms with van der Waals surface area (Å²) >= 11 is 0. The van der Waals surface area contributed by atoms with Crippen molar-refractivity contribution in [1.82, 2.24) is 9.55 Å². The SMILES string of the molecule is CCOC(=O)C1CCN(c2ccc3c(c2)nc(CN)n3C)CC1. The lowest BCUT2D eigenvalue weighted by molar-refractivity contribution is -0.148. The van der Waals surface area contributed by atoms with E-state index in [0.29, 0.717) is 13.2 Å². The normalized spacial score (nSPS) is 16.0. The lowest BCUT2D eigenvalue weighted by Crippen LogP contribution is -2.36. The van der Waals surface area contributed by atoms with Crippen LogP contribution in [0.4, 0.5) is 5.69 Å². The molecule has 0 spiro atoms. The molecular weight excluding hydrogens is 292 g/mol. The van der Waals surface area contributed by atoms with Gasteiger partial charge in [-0.25, -0.2) is 4.98 Å². The molecule has 1 aromatic carbocycles. The topological polar surface area (TPSA) is 73.4 Å². The molecule has 0 bridgehead atoms. The molecule has 6 heteroatoms. The number of fused-ring (bicyclic) bond motifs is 1. The number of anilines is 1. The Morgan fingerprint density at radius 3 is 2.78 bits per heavy atom. The number of rotatable bonds is 4. The summed E-state index contributed by atoms with van der Waals surface area (Å²) in [6.07, 6.45) is 1.68. The van der Waals surface area contributed by atoms with Gasteiger partial charge in [0.1, 0.15) is 5.82 Å². The summed E-state index contributed by atoms with van der Waals surface area (Å²) in [5.41, 5.74) is 8.94. The first-order valence-electron chi connectivity index (χ1n) is 8.21. The maximum absolute atomic E-state index is 11.8. The maximum atomic E-state index is 11.8. The molecule has 0 aliphatic carbocycles. The predicted octanol–water partition coefficient (Wildman–Crippen LogP) is 1.81. The smallest absolute Gasteiger partial charge is 0.309 e.